The molecule has 1 fully saturated rings. The van der Waals surface area contributed by atoms with E-state index in [1.807, 2.05) is 0 Å². The van der Waals surface area contributed by atoms with Gasteiger partial charge in [-0.1, -0.05) is 37.8 Å². The third-order valence-electron chi connectivity index (χ3n) is 4.01. The van der Waals surface area contributed by atoms with Gasteiger partial charge in [-0.15, -0.1) is 0 Å². The normalized spacial score (nSPS) is 18.9. The van der Waals surface area contributed by atoms with Crippen molar-refractivity contribution in [1.29, 1.82) is 0 Å². The fourth-order valence-corrected chi connectivity index (χ4v) is 4.26. The number of nitrogens with two attached hydrogens (primary N) is 1. The van der Waals surface area contributed by atoms with Crippen molar-refractivity contribution >= 4 is 27.3 Å². The molecule has 1 aromatic rings. The summed E-state index contributed by atoms with van der Waals surface area (Å²) in [6.45, 7) is 2.58. The summed E-state index contributed by atoms with van der Waals surface area (Å²) in [5.41, 5.74) is 6.00. The van der Waals surface area contributed by atoms with Crippen molar-refractivity contribution in [2.75, 3.05) is 12.3 Å². The molecule has 1 saturated carbocycles. The van der Waals surface area contributed by atoms with Crippen molar-refractivity contribution in [1.82, 2.24) is 4.72 Å². The van der Waals surface area contributed by atoms with Crippen LogP contribution in [-0.4, -0.2) is 15.0 Å². The fraction of sp³-hybridized carbons (Fsp3) is 0.571. The van der Waals surface area contributed by atoms with Gasteiger partial charge in [-0.3, -0.25) is 0 Å². The van der Waals surface area contributed by atoms with Crippen LogP contribution in [0.3, 0.4) is 0 Å². The Morgan fingerprint density at radius 3 is 2.60 bits per heavy atom. The number of sulfonamides is 1. The first-order valence-corrected chi connectivity index (χ1v) is 8.73. The van der Waals surface area contributed by atoms with Crippen molar-refractivity contribution in [3.63, 3.8) is 0 Å². The molecule has 2 rings (SSSR count). The van der Waals surface area contributed by atoms with E-state index < -0.39 is 10.0 Å². The molecule has 0 aromatic heterocycles. The van der Waals surface area contributed by atoms with Crippen LogP contribution in [0.1, 0.15) is 39.0 Å². The van der Waals surface area contributed by atoms with Crippen molar-refractivity contribution < 1.29 is 8.42 Å². The number of hydrogen-bond donors (Lipinski definition) is 2. The van der Waals surface area contributed by atoms with Crippen LogP contribution < -0.4 is 10.5 Å². The van der Waals surface area contributed by atoms with Crippen LogP contribution in [0.5, 0.6) is 0 Å². The predicted molar refractivity (Wildman–Crippen MR) is 82.2 cm³/mol. The minimum absolute atomic E-state index is 0.0403. The Bertz CT molecular complexity index is 581. The summed E-state index contributed by atoms with van der Waals surface area (Å²) < 4.78 is 27.4. The van der Waals surface area contributed by atoms with E-state index in [9.17, 15) is 8.42 Å². The van der Waals surface area contributed by atoms with Gasteiger partial charge in [-0.2, -0.15) is 0 Å². The lowest BCUT2D eigenvalue weighted by Crippen LogP contribution is -2.37. The van der Waals surface area contributed by atoms with Gasteiger partial charge in [-0.05, 0) is 36.5 Å². The van der Waals surface area contributed by atoms with Crippen molar-refractivity contribution in [3.8, 4) is 0 Å². The van der Waals surface area contributed by atoms with E-state index in [0.29, 0.717) is 11.6 Å². The molecule has 3 N–H and O–H groups in total. The predicted octanol–water partition coefficient (Wildman–Crippen LogP) is 3.17. The maximum atomic E-state index is 12.3. The first kappa shape index (κ1) is 15.6. The summed E-state index contributed by atoms with van der Waals surface area (Å²) in [6, 6.07) is 4.49. The van der Waals surface area contributed by atoms with Crippen LogP contribution >= 0.6 is 11.6 Å². The van der Waals surface area contributed by atoms with Gasteiger partial charge in [0.25, 0.3) is 0 Å². The lowest BCUT2D eigenvalue weighted by molar-refractivity contribution is 0.219. The Labute approximate surface area is 125 Å². The molecule has 0 atom stereocenters. The molecule has 4 nitrogen and oxygen atoms in total. The van der Waals surface area contributed by atoms with E-state index in [2.05, 4.69) is 11.6 Å². The SMILES string of the molecule is CC1(CNS(=O)(=O)c2cc(Cl)ccc2N)CCCCC1. The molecule has 1 aliphatic carbocycles. The highest BCUT2D eigenvalue weighted by atomic mass is 35.5. The zero-order chi connectivity index (χ0) is 14.8. The van der Waals surface area contributed by atoms with Crippen LogP contribution in [0.4, 0.5) is 5.69 Å². The summed E-state index contributed by atoms with van der Waals surface area (Å²) in [5.74, 6) is 0. The molecule has 0 spiro atoms. The number of nitrogens with one attached hydrogen (secondary N) is 1. The number of anilines is 1. The average Bonchev–Trinajstić information content (AvgIpc) is 2.40. The number of benzene rings is 1. The summed E-state index contributed by atoms with van der Waals surface area (Å²) in [5, 5.41) is 0.364. The summed E-state index contributed by atoms with van der Waals surface area (Å²) >= 11 is 5.85. The zero-order valence-electron chi connectivity index (χ0n) is 11.7. The molecular formula is C14H21ClN2O2S. The third kappa shape index (κ3) is 3.65. The second-order valence-corrected chi connectivity index (χ2v) is 8.05. The first-order valence-electron chi connectivity index (χ1n) is 6.87. The highest BCUT2D eigenvalue weighted by molar-refractivity contribution is 7.89. The Balaban J connectivity index is 2.13. The third-order valence-corrected chi connectivity index (χ3v) is 5.71. The van der Waals surface area contributed by atoms with Gasteiger partial charge >= 0.3 is 0 Å². The summed E-state index contributed by atoms with van der Waals surface area (Å²) in [7, 11) is -3.61. The Kier molecular flexibility index (Phi) is 4.62. The Morgan fingerprint density at radius 2 is 1.95 bits per heavy atom. The topological polar surface area (TPSA) is 72.2 Å². The fourth-order valence-electron chi connectivity index (χ4n) is 2.67. The van der Waals surface area contributed by atoms with Crippen molar-refractivity contribution in [2.24, 2.45) is 5.41 Å². The van der Waals surface area contributed by atoms with Crippen molar-refractivity contribution in [2.45, 2.75) is 43.9 Å². The average molecular weight is 317 g/mol. The van der Waals surface area contributed by atoms with E-state index >= 15 is 0 Å². The maximum Gasteiger partial charge on any atom is 0.242 e. The van der Waals surface area contributed by atoms with Crippen LogP contribution in [0.2, 0.25) is 5.02 Å². The smallest absolute Gasteiger partial charge is 0.242 e. The van der Waals surface area contributed by atoms with Gasteiger partial charge in [0.15, 0.2) is 0 Å². The standard InChI is InChI=1S/C14H21ClN2O2S/c1-14(7-3-2-4-8-14)10-17-20(18,19)13-9-11(15)5-6-12(13)16/h5-6,9,17H,2-4,7-8,10,16H2,1H3. The first-order chi connectivity index (χ1) is 9.32. The molecule has 0 amide bonds. The van der Waals surface area contributed by atoms with Crippen LogP contribution in [0, 0.1) is 5.41 Å². The van der Waals surface area contributed by atoms with Gasteiger partial charge < -0.3 is 5.73 Å². The molecule has 1 aliphatic rings. The molecule has 6 heteroatoms. The molecule has 0 heterocycles. The molecular weight excluding hydrogens is 296 g/mol. The Morgan fingerprint density at radius 1 is 1.30 bits per heavy atom. The lowest BCUT2D eigenvalue weighted by Gasteiger charge is -2.33. The summed E-state index contributed by atoms with van der Waals surface area (Å²) in [4.78, 5) is 0.0596. The second-order valence-electron chi connectivity index (χ2n) is 5.88. The highest BCUT2D eigenvalue weighted by Crippen LogP contribution is 2.35. The van der Waals surface area contributed by atoms with Crippen LogP contribution in [0.15, 0.2) is 23.1 Å². The molecule has 0 radical (unpaired) electrons. The zero-order valence-corrected chi connectivity index (χ0v) is 13.2. The molecule has 0 bridgehead atoms. The van der Waals surface area contributed by atoms with Gasteiger partial charge in [0.05, 0.1) is 5.69 Å². The van der Waals surface area contributed by atoms with Crippen LogP contribution in [-0.2, 0) is 10.0 Å². The van der Waals surface area contributed by atoms with Gasteiger partial charge in [-0.25, -0.2) is 13.1 Å². The van der Waals surface area contributed by atoms with E-state index in [-0.39, 0.29) is 16.0 Å². The number of hydrogen-bond acceptors (Lipinski definition) is 3. The number of halogens is 1. The van der Waals surface area contributed by atoms with E-state index in [0.717, 1.165) is 25.7 Å². The minimum Gasteiger partial charge on any atom is -0.398 e. The van der Waals surface area contributed by atoms with E-state index in [1.165, 1.54) is 18.6 Å². The second kappa shape index (κ2) is 5.92. The van der Waals surface area contributed by atoms with Crippen LogP contribution in [0.25, 0.3) is 0 Å². The van der Waals surface area contributed by atoms with Gasteiger partial charge in [0.1, 0.15) is 4.90 Å². The molecule has 1 aromatic carbocycles. The highest BCUT2D eigenvalue weighted by Gasteiger charge is 2.29. The minimum atomic E-state index is -3.61. The molecule has 0 aliphatic heterocycles. The molecule has 0 unspecified atom stereocenters. The van der Waals surface area contributed by atoms with E-state index in [4.69, 9.17) is 17.3 Å². The quantitative estimate of drug-likeness (QED) is 0.838. The summed E-state index contributed by atoms with van der Waals surface area (Å²) in [6.07, 6.45) is 5.68. The van der Waals surface area contributed by atoms with Gasteiger partial charge in [0, 0.05) is 11.6 Å². The molecule has 0 saturated heterocycles. The molecule has 112 valence electrons. The number of nitrogen functional groups attached to an aromatic ring is 1. The maximum absolute atomic E-state index is 12.3. The van der Waals surface area contributed by atoms with E-state index in [1.54, 1.807) is 6.07 Å². The largest absolute Gasteiger partial charge is 0.398 e. The Hall–Kier alpha value is -0.780. The molecule has 20 heavy (non-hydrogen) atoms. The number of rotatable bonds is 4. The van der Waals surface area contributed by atoms with Crippen molar-refractivity contribution in [3.05, 3.63) is 23.2 Å². The monoisotopic (exact) mass is 316 g/mol. The van der Waals surface area contributed by atoms with Gasteiger partial charge in [0.2, 0.25) is 10.0 Å². The lowest BCUT2D eigenvalue weighted by atomic mass is 9.76.